The first-order valence-electron chi connectivity index (χ1n) is 7.65. The van der Waals surface area contributed by atoms with Gasteiger partial charge in [0.25, 0.3) is 0 Å². The van der Waals surface area contributed by atoms with Crippen molar-refractivity contribution in [1.29, 1.82) is 0 Å². The third-order valence-corrected chi connectivity index (χ3v) is 4.33. The van der Waals surface area contributed by atoms with E-state index >= 15 is 0 Å². The van der Waals surface area contributed by atoms with Gasteiger partial charge in [0.1, 0.15) is 0 Å². The molecule has 2 aliphatic rings. The average Bonchev–Trinajstić information content (AvgIpc) is 3.14. The van der Waals surface area contributed by atoms with Gasteiger partial charge in [0.15, 0.2) is 0 Å². The lowest BCUT2D eigenvalue weighted by atomic mass is 9.93. The summed E-state index contributed by atoms with van der Waals surface area (Å²) >= 11 is 0. The smallest absolute Gasteiger partial charge is 0.0810 e. The number of nitrogens with one attached hydrogen (secondary N) is 1. The molecule has 0 radical (unpaired) electrons. The molecule has 100 valence electrons. The second-order valence-corrected chi connectivity index (χ2v) is 6.09. The van der Waals surface area contributed by atoms with Gasteiger partial charge in [-0.1, -0.05) is 32.6 Å². The van der Waals surface area contributed by atoms with Gasteiger partial charge in [0, 0.05) is 12.6 Å². The Morgan fingerprint density at radius 2 is 1.82 bits per heavy atom. The van der Waals surface area contributed by atoms with Crippen molar-refractivity contribution in [2.75, 3.05) is 6.54 Å². The SMILES string of the molecule is CCC(C)OC1(CNC2CC2)CCCCCC1. The van der Waals surface area contributed by atoms with Crippen LogP contribution in [0.2, 0.25) is 0 Å². The normalized spacial score (nSPS) is 26.5. The van der Waals surface area contributed by atoms with E-state index in [1.54, 1.807) is 0 Å². The fourth-order valence-corrected chi connectivity index (χ4v) is 2.84. The second kappa shape index (κ2) is 6.19. The van der Waals surface area contributed by atoms with E-state index in [0.717, 1.165) is 19.0 Å². The van der Waals surface area contributed by atoms with E-state index in [0.29, 0.717) is 6.10 Å². The zero-order chi connectivity index (χ0) is 12.1. The molecule has 2 nitrogen and oxygen atoms in total. The molecule has 0 heterocycles. The molecule has 1 N–H and O–H groups in total. The van der Waals surface area contributed by atoms with Crippen LogP contribution in [0, 0.1) is 0 Å². The van der Waals surface area contributed by atoms with Gasteiger partial charge in [-0.2, -0.15) is 0 Å². The van der Waals surface area contributed by atoms with Gasteiger partial charge >= 0.3 is 0 Å². The van der Waals surface area contributed by atoms with Crippen molar-refractivity contribution in [3.05, 3.63) is 0 Å². The maximum absolute atomic E-state index is 6.42. The predicted molar refractivity (Wildman–Crippen MR) is 72.3 cm³/mol. The molecule has 2 aliphatic carbocycles. The molecule has 2 rings (SSSR count). The molecule has 0 bridgehead atoms. The van der Waals surface area contributed by atoms with Gasteiger partial charge in [-0.15, -0.1) is 0 Å². The first-order valence-corrected chi connectivity index (χ1v) is 7.65. The van der Waals surface area contributed by atoms with Crippen molar-refractivity contribution >= 4 is 0 Å². The molecule has 0 spiro atoms. The lowest BCUT2D eigenvalue weighted by Crippen LogP contribution is -2.45. The number of hydrogen-bond donors (Lipinski definition) is 1. The number of rotatable bonds is 6. The molecule has 0 saturated heterocycles. The Hall–Kier alpha value is -0.0800. The molecule has 0 aromatic heterocycles. The monoisotopic (exact) mass is 239 g/mol. The third kappa shape index (κ3) is 4.26. The van der Waals surface area contributed by atoms with Gasteiger partial charge in [-0.3, -0.25) is 0 Å². The van der Waals surface area contributed by atoms with Crippen LogP contribution in [0.4, 0.5) is 0 Å². The molecule has 0 aliphatic heterocycles. The molecular weight excluding hydrogens is 210 g/mol. The quantitative estimate of drug-likeness (QED) is 0.714. The van der Waals surface area contributed by atoms with Crippen LogP contribution in [0.5, 0.6) is 0 Å². The largest absolute Gasteiger partial charge is 0.371 e. The Morgan fingerprint density at radius 3 is 2.35 bits per heavy atom. The Bertz CT molecular complexity index is 217. The molecule has 1 atom stereocenters. The molecule has 1 unspecified atom stereocenters. The minimum Gasteiger partial charge on any atom is -0.371 e. The third-order valence-electron chi connectivity index (χ3n) is 4.33. The molecular formula is C15H29NO. The van der Waals surface area contributed by atoms with Crippen molar-refractivity contribution < 1.29 is 4.74 Å². The van der Waals surface area contributed by atoms with Crippen molar-refractivity contribution in [2.45, 2.75) is 89.4 Å². The summed E-state index contributed by atoms with van der Waals surface area (Å²) in [6.45, 7) is 5.54. The van der Waals surface area contributed by atoms with E-state index in [4.69, 9.17) is 4.74 Å². The van der Waals surface area contributed by atoms with Crippen molar-refractivity contribution in [2.24, 2.45) is 0 Å². The summed E-state index contributed by atoms with van der Waals surface area (Å²) in [6, 6.07) is 0.802. The van der Waals surface area contributed by atoms with E-state index in [1.807, 2.05) is 0 Å². The maximum atomic E-state index is 6.42. The topological polar surface area (TPSA) is 21.3 Å². The minimum atomic E-state index is 0.147. The van der Waals surface area contributed by atoms with E-state index in [1.165, 1.54) is 51.4 Å². The molecule has 2 heteroatoms. The fraction of sp³-hybridized carbons (Fsp3) is 1.00. The van der Waals surface area contributed by atoms with E-state index in [9.17, 15) is 0 Å². The highest BCUT2D eigenvalue weighted by Gasteiger charge is 2.35. The Labute approximate surface area is 107 Å². The lowest BCUT2D eigenvalue weighted by Gasteiger charge is -2.36. The summed E-state index contributed by atoms with van der Waals surface area (Å²) in [5.74, 6) is 0. The predicted octanol–water partition coefficient (Wildman–Crippen LogP) is 3.65. The minimum absolute atomic E-state index is 0.147. The summed E-state index contributed by atoms with van der Waals surface area (Å²) < 4.78 is 6.42. The Balaban J connectivity index is 1.91. The summed E-state index contributed by atoms with van der Waals surface area (Å²) in [7, 11) is 0. The van der Waals surface area contributed by atoms with Crippen LogP contribution in [0.3, 0.4) is 0 Å². The second-order valence-electron chi connectivity index (χ2n) is 6.09. The number of hydrogen-bond acceptors (Lipinski definition) is 2. The van der Waals surface area contributed by atoms with Crippen LogP contribution in [-0.2, 0) is 4.74 Å². The van der Waals surface area contributed by atoms with Crippen molar-refractivity contribution in [1.82, 2.24) is 5.32 Å². The van der Waals surface area contributed by atoms with E-state index in [2.05, 4.69) is 19.2 Å². The number of ether oxygens (including phenoxy) is 1. The highest BCUT2D eigenvalue weighted by Crippen LogP contribution is 2.32. The highest BCUT2D eigenvalue weighted by atomic mass is 16.5. The van der Waals surface area contributed by atoms with Gasteiger partial charge < -0.3 is 10.1 Å². The molecule has 2 saturated carbocycles. The molecule has 0 aromatic rings. The lowest BCUT2D eigenvalue weighted by molar-refractivity contribution is -0.0954. The van der Waals surface area contributed by atoms with Crippen molar-refractivity contribution in [3.8, 4) is 0 Å². The van der Waals surface area contributed by atoms with Crippen LogP contribution in [0.25, 0.3) is 0 Å². The molecule has 0 aromatic carbocycles. The highest BCUT2D eigenvalue weighted by molar-refractivity contribution is 4.90. The van der Waals surface area contributed by atoms with Gasteiger partial charge in [-0.25, -0.2) is 0 Å². The molecule has 0 amide bonds. The standard InChI is InChI=1S/C15H29NO/c1-3-13(2)17-15(12-16-14-8-9-14)10-6-4-5-7-11-15/h13-14,16H,3-12H2,1-2H3. The van der Waals surface area contributed by atoms with Crippen LogP contribution in [0.1, 0.15) is 71.6 Å². The zero-order valence-electron chi connectivity index (χ0n) is 11.6. The van der Waals surface area contributed by atoms with E-state index in [-0.39, 0.29) is 5.60 Å². The summed E-state index contributed by atoms with van der Waals surface area (Å²) in [6.07, 6.45) is 12.3. The maximum Gasteiger partial charge on any atom is 0.0810 e. The molecule has 2 fully saturated rings. The summed E-state index contributed by atoms with van der Waals surface area (Å²) in [5, 5.41) is 3.70. The first-order chi connectivity index (χ1) is 8.24. The van der Waals surface area contributed by atoms with E-state index < -0.39 is 0 Å². The average molecular weight is 239 g/mol. The van der Waals surface area contributed by atoms with Crippen LogP contribution in [0.15, 0.2) is 0 Å². The summed E-state index contributed by atoms with van der Waals surface area (Å²) in [5.41, 5.74) is 0.147. The summed E-state index contributed by atoms with van der Waals surface area (Å²) in [4.78, 5) is 0. The zero-order valence-corrected chi connectivity index (χ0v) is 11.6. The molecule has 17 heavy (non-hydrogen) atoms. The van der Waals surface area contributed by atoms with Crippen LogP contribution in [-0.4, -0.2) is 24.3 Å². The van der Waals surface area contributed by atoms with Crippen molar-refractivity contribution in [3.63, 3.8) is 0 Å². The first kappa shape index (κ1) is 13.4. The van der Waals surface area contributed by atoms with Crippen LogP contribution < -0.4 is 5.32 Å². The van der Waals surface area contributed by atoms with Gasteiger partial charge in [0.2, 0.25) is 0 Å². The van der Waals surface area contributed by atoms with Gasteiger partial charge in [0.05, 0.1) is 11.7 Å². The fourth-order valence-electron chi connectivity index (χ4n) is 2.84. The van der Waals surface area contributed by atoms with Crippen LogP contribution >= 0.6 is 0 Å². The Kier molecular flexibility index (Phi) is 4.87. The van der Waals surface area contributed by atoms with Gasteiger partial charge in [-0.05, 0) is 39.0 Å². The Morgan fingerprint density at radius 1 is 1.18 bits per heavy atom.